The number of likely N-dealkylation sites (N-methyl/N-ethyl adjacent to an activating group) is 1. The summed E-state index contributed by atoms with van der Waals surface area (Å²) in [4.78, 5) is 10.7. The predicted molar refractivity (Wildman–Crippen MR) is 128 cm³/mol. The molecule has 1 N–H and O–H groups in total. The molecule has 0 unspecified atom stereocenters. The van der Waals surface area contributed by atoms with Crippen LogP contribution in [0.2, 0.25) is 0 Å². The zero-order valence-electron chi connectivity index (χ0n) is 17.8. The van der Waals surface area contributed by atoms with Gasteiger partial charge < -0.3 is 9.88 Å². The Morgan fingerprint density at radius 3 is 2.74 bits per heavy atom. The second-order valence-electron chi connectivity index (χ2n) is 8.71. The van der Waals surface area contributed by atoms with E-state index in [1.165, 1.54) is 47.0 Å². The van der Waals surface area contributed by atoms with Gasteiger partial charge in [0.15, 0.2) is 0 Å². The molecule has 0 saturated carbocycles. The van der Waals surface area contributed by atoms with Crippen LogP contribution in [0.5, 0.6) is 0 Å². The first-order chi connectivity index (χ1) is 15.3. The highest BCUT2D eigenvalue weighted by Gasteiger charge is 2.22. The number of hydrogen-bond donors (Lipinski definition) is 1. The van der Waals surface area contributed by atoms with E-state index in [4.69, 9.17) is 4.98 Å². The van der Waals surface area contributed by atoms with E-state index in [1.807, 2.05) is 12.4 Å². The molecule has 4 heteroatoms. The lowest BCUT2D eigenvalue weighted by atomic mass is 10.0. The molecule has 3 heterocycles. The smallest absolute Gasteiger partial charge is 0.100 e. The number of fused-ring (bicyclic) bond motifs is 2. The number of likely N-dealkylation sites (tertiary alicyclic amines) is 1. The Morgan fingerprint density at radius 1 is 1.00 bits per heavy atom. The Kier molecular flexibility index (Phi) is 4.39. The first kappa shape index (κ1) is 18.4. The molecule has 0 spiro atoms. The van der Waals surface area contributed by atoms with Gasteiger partial charge in [-0.05, 0) is 79.9 Å². The molecule has 1 atom stereocenters. The van der Waals surface area contributed by atoms with Crippen molar-refractivity contribution in [3.05, 3.63) is 84.8 Å². The predicted octanol–water partition coefficient (Wildman–Crippen LogP) is 5.81. The topological polar surface area (TPSA) is 36.9 Å². The molecule has 0 bridgehead atoms. The summed E-state index contributed by atoms with van der Waals surface area (Å²) in [5.41, 5.74) is 8.33. The summed E-state index contributed by atoms with van der Waals surface area (Å²) in [6.07, 6.45) is 7.83. The highest BCUT2D eigenvalue weighted by Crippen LogP contribution is 2.29. The van der Waals surface area contributed by atoms with Crippen molar-refractivity contribution in [2.75, 3.05) is 13.6 Å². The lowest BCUT2D eigenvalue weighted by molar-refractivity contribution is 0.310. The maximum Gasteiger partial charge on any atom is 0.100 e. The van der Waals surface area contributed by atoms with E-state index >= 15 is 0 Å². The minimum Gasteiger partial charge on any atom is -0.361 e. The molecule has 0 radical (unpaired) electrons. The number of imidazole rings is 1. The average Bonchev–Trinajstić information content (AvgIpc) is 3.53. The Labute approximate surface area is 182 Å². The van der Waals surface area contributed by atoms with Crippen molar-refractivity contribution < 1.29 is 0 Å². The fourth-order valence-electron chi connectivity index (χ4n) is 5.00. The highest BCUT2D eigenvalue weighted by atomic mass is 15.1. The van der Waals surface area contributed by atoms with Gasteiger partial charge in [-0.3, -0.25) is 4.57 Å². The fourth-order valence-corrected chi connectivity index (χ4v) is 5.00. The fraction of sp³-hybridized carbons (Fsp3) is 0.222. The van der Waals surface area contributed by atoms with Crippen LogP contribution in [0, 0.1) is 0 Å². The summed E-state index contributed by atoms with van der Waals surface area (Å²) in [6.45, 7) is 1.21. The number of nitrogens with zero attached hydrogens (tertiary/aromatic N) is 3. The number of aromatic nitrogens is 3. The van der Waals surface area contributed by atoms with E-state index < -0.39 is 0 Å². The number of H-pyrrole nitrogens is 1. The maximum absolute atomic E-state index is 4.71. The van der Waals surface area contributed by atoms with Crippen LogP contribution in [0.15, 0.2) is 79.3 Å². The van der Waals surface area contributed by atoms with Crippen molar-refractivity contribution in [2.45, 2.75) is 25.3 Å². The van der Waals surface area contributed by atoms with Crippen LogP contribution in [-0.2, 0) is 6.42 Å². The molecule has 3 aromatic carbocycles. The van der Waals surface area contributed by atoms with Gasteiger partial charge in [0, 0.05) is 28.8 Å². The Balaban J connectivity index is 1.38. The number of rotatable bonds is 4. The van der Waals surface area contributed by atoms with E-state index in [0.717, 1.165) is 23.1 Å². The summed E-state index contributed by atoms with van der Waals surface area (Å²) >= 11 is 0. The third kappa shape index (κ3) is 3.24. The quantitative estimate of drug-likeness (QED) is 0.409. The summed E-state index contributed by atoms with van der Waals surface area (Å²) in [5, 5.41) is 1.32. The van der Waals surface area contributed by atoms with Gasteiger partial charge >= 0.3 is 0 Å². The largest absolute Gasteiger partial charge is 0.361 e. The molecule has 6 rings (SSSR count). The standard InChI is InChI=1S/C27H26N4/c1-30-13-5-8-22(30)14-21-17-28-25-11-10-23(16-24(21)25)31-18-29-26-15-20(9-12-27(26)31)19-6-3-2-4-7-19/h2-4,6-7,9-12,15-18,22,28H,5,8,13-14H2,1H3/t22-/m1/s1. The number of hydrogen-bond acceptors (Lipinski definition) is 2. The average molecular weight is 407 g/mol. The molecule has 1 aliphatic rings. The first-order valence-electron chi connectivity index (χ1n) is 11.1. The molecule has 1 fully saturated rings. The van der Waals surface area contributed by atoms with Crippen molar-refractivity contribution in [2.24, 2.45) is 0 Å². The Hall–Kier alpha value is -3.37. The van der Waals surface area contributed by atoms with Gasteiger partial charge in [0.05, 0.1) is 11.0 Å². The second-order valence-corrected chi connectivity index (χ2v) is 8.71. The Morgan fingerprint density at radius 2 is 1.90 bits per heavy atom. The maximum atomic E-state index is 4.71. The van der Waals surface area contributed by atoms with Crippen LogP contribution in [0.25, 0.3) is 38.8 Å². The van der Waals surface area contributed by atoms with Crippen molar-refractivity contribution in [3.63, 3.8) is 0 Å². The molecule has 154 valence electrons. The monoisotopic (exact) mass is 406 g/mol. The third-order valence-corrected chi connectivity index (χ3v) is 6.81. The van der Waals surface area contributed by atoms with Crippen molar-refractivity contribution in [1.82, 2.24) is 19.4 Å². The normalized spacial score (nSPS) is 17.1. The molecule has 2 aromatic heterocycles. The summed E-state index contributed by atoms with van der Waals surface area (Å²) in [7, 11) is 2.25. The molecular weight excluding hydrogens is 380 g/mol. The van der Waals surface area contributed by atoms with Crippen molar-refractivity contribution >= 4 is 21.9 Å². The van der Waals surface area contributed by atoms with Gasteiger partial charge in [0.25, 0.3) is 0 Å². The molecule has 1 saturated heterocycles. The summed E-state index contributed by atoms with van der Waals surface area (Å²) < 4.78 is 2.20. The molecule has 1 aliphatic heterocycles. The van der Waals surface area contributed by atoms with Gasteiger partial charge in [0.1, 0.15) is 6.33 Å². The second kappa shape index (κ2) is 7.40. The highest BCUT2D eigenvalue weighted by molar-refractivity contribution is 5.87. The zero-order chi connectivity index (χ0) is 20.8. The third-order valence-electron chi connectivity index (χ3n) is 6.81. The summed E-state index contributed by atoms with van der Waals surface area (Å²) in [6, 6.07) is 24.3. The van der Waals surface area contributed by atoms with Gasteiger partial charge in [-0.25, -0.2) is 4.98 Å². The lowest BCUT2D eigenvalue weighted by Gasteiger charge is -2.18. The number of nitrogens with one attached hydrogen (secondary N) is 1. The van der Waals surface area contributed by atoms with E-state index in [2.05, 4.69) is 88.4 Å². The van der Waals surface area contributed by atoms with Crippen LogP contribution in [-0.4, -0.2) is 39.1 Å². The molecule has 0 amide bonds. The number of aromatic amines is 1. The minimum absolute atomic E-state index is 0.646. The summed E-state index contributed by atoms with van der Waals surface area (Å²) in [5.74, 6) is 0. The Bertz CT molecular complexity index is 1360. The minimum atomic E-state index is 0.646. The lowest BCUT2D eigenvalue weighted by Crippen LogP contribution is -2.26. The van der Waals surface area contributed by atoms with Crippen LogP contribution in [0.1, 0.15) is 18.4 Å². The van der Waals surface area contributed by atoms with Gasteiger partial charge in [0.2, 0.25) is 0 Å². The molecule has 31 heavy (non-hydrogen) atoms. The van der Waals surface area contributed by atoms with Crippen LogP contribution in [0.3, 0.4) is 0 Å². The van der Waals surface area contributed by atoms with Crippen LogP contribution in [0.4, 0.5) is 0 Å². The zero-order valence-corrected chi connectivity index (χ0v) is 17.8. The van der Waals surface area contributed by atoms with Crippen LogP contribution >= 0.6 is 0 Å². The SMILES string of the molecule is CN1CCC[C@@H]1Cc1c[nH]c2ccc(-n3cnc4cc(-c5ccccc5)ccc43)cc12. The van der Waals surface area contributed by atoms with Crippen molar-refractivity contribution in [3.8, 4) is 16.8 Å². The molecule has 0 aliphatic carbocycles. The van der Waals surface area contributed by atoms with Gasteiger partial charge in [-0.1, -0.05) is 36.4 Å². The van der Waals surface area contributed by atoms with Gasteiger partial charge in [-0.15, -0.1) is 0 Å². The number of benzene rings is 3. The van der Waals surface area contributed by atoms with E-state index in [0.29, 0.717) is 6.04 Å². The van der Waals surface area contributed by atoms with Crippen molar-refractivity contribution in [1.29, 1.82) is 0 Å². The first-order valence-corrected chi connectivity index (χ1v) is 11.1. The van der Waals surface area contributed by atoms with E-state index in [1.54, 1.807) is 0 Å². The van der Waals surface area contributed by atoms with Gasteiger partial charge in [-0.2, -0.15) is 0 Å². The molecular formula is C27H26N4. The van der Waals surface area contributed by atoms with Crippen LogP contribution < -0.4 is 0 Å². The molecule has 4 nitrogen and oxygen atoms in total. The van der Waals surface area contributed by atoms with E-state index in [9.17, 15) is 0 Å². The van der Waals surface area contributed by atoms with E-state index in [-0.39, 0.29) is 0 Å². The molecule has 5 aromatic rings.